The molecule has 1 aromatic heterocycles. The van der Waals surface area contributed by atoms with Crippen LogP contribution >= 0.6 is 0 Å². The Bertz CT molecular complexity index is 537. The summed E-state index contributed by atoms with van der Waals surface area (Å²) in [5.41, 5.74) is -1.97. The lowest BCUT2D eigenvalue weighted by molar-refractivity contribution is -0.171. The fraction of sp³-hybridized carbons (Fsp3) is 0.667. The maximum Gasteiger partial charge on any atom is 0.346 e. The van der Waals surface area contributed by atoms with Gasteiger partial charge in [-0.05, 0) is 0 Å². The first-order valence-electron chi connectivity index (χ1n) is 7.41. The molecule has 0 aliphatic rings. The molecule has 0 aliphatic carbocycles. The zero-order valence-electron chi connectivity index (χ0n) is 14.8. The predicted octanol–water partition coefficient (Wildman–Crippen LogP) is 1.76. The smallest absolute Gasteiger partial charge is 0.346 e. The third-order valence-electron chi connectivity index (χ3n) is 3.22. The summed E-state index contributed by atoms with van der Waals surface area (Å²) in [5, 5.41) is 11.0. The Hall–Kier alpha value is -1.67. The Morgan fingerprint density at radius 1 is 1.22 bits per heavy atom. The van der Waals surface area contributed by atoms with E-state index in [4.69, 9.17) is 14.2 Å². The van der Waals surface area contributed by atoms with Gasteiger partial charge in [-0.15, -0.1) is 0 Å². The quantitative estimate of drug-likeness (QED) is 0.596. The van der Waals surface area contributed by atoms with Crippen LogP contribution in [0.15, 0.2) is 6.07 Å². The minimum absolute atomic E-state index is 0.0933. The number of rotatable bonds is 7. The molecule has 0 bridgehead atoms. The van der Waals surface area contributed by atoms with E-state index in [-0.39, 0.29) is 17.6 Å². The van der Waals surface area contributed by atoms with E-state index in [0.29, 0.717) is 6.23 Å². The minimum atomic E-state index is -1.97. The molecule has 0 fully saturated rings. The fourth-order valence-corrected chi connectivity index (χ4v) is 2.32. The van der Waals surface area contributed by atoms with E-state index in [1.54, 1.807) is 13.8 Å². The number of aliphatic hydroxyl groups is 1. The maximum atomic E-state index is 12.5. The molecule has 1 N–H and O–H groups in total. The number of ether oxygens (including phenoxy) is 3. The molecule has 0 saturated heterocycles. The first-order valence-corrected chi connectivity index (χ1v) is 11.1. The van der Waals surface area contributed by atoms with Gasteiger partial charge in [-0.2, -0.15) is 9.97 Å². The number of hydrogen-bond donors (Lipinski definition) is 1. The van der Waals surface area contributed by atoms with Crippen LogP contribution in [0.5, 0.6) is 11.8 Å². The summed E-state index contributed by atoms with van der Waals surface area (Å²) < 4.78 is 15.5. The SMILES string of the molecule is COc1cc(OC)nc(C(O)(C(=O)OC[Si](C)(C)C)C(C)C)n1. The molecule has 1 atom stereocenters. The van der Waals surface area contributed by atoms with Crippen LogP contribution in [0.2, 0.25) is 19.6 Å². The highest BCUT2D eigenvalue weighted by molar-refractivity contribution is 6.76. The van der Waals surface area contributed by atoms with Crippen molar-refractivity contribution in [2.45, 2.75) is 39.1 Å². The van der Waals surface area contributed by atoms with Crippen molar-refractivity contribution in [2.24, 2.45) is 5.92 Å². The Kier molecular flexibility index (Phi) is 6.12. The first-order chi connectivity index (χ1) is 10.5. The van der Waals surface area contributed by atoms with Gasteiger partial charge in [-0.1, -0.05) is 33.5 Å². The molecule has 0 spiro atoms. The lowest BCUT2D eigenvalue weighted by atomic mass is 9.89. The van der Waals surface area contributed by atoms with Gasteiger partial charge >= 0.3 is 5.97 Å². The second-order valence-electron chi connectivity index (χ2n) is 6.83. The van der Waals surface area contributed by atoms with Crippen molar-refractivity contribution in [1.29, 1.82) is 0 Å². The highest BCUT2D eigenvalue weighted by Crippen LogP contribution is 2.31. The van der Waals surface area contributed by atoms with Crippen LogP contribution in [0, 0.1) is 5.92 Å². The van der Waals surface area contributed by atoms with E-state index in [2.05, 4.69) is 29.6 Å². The standard InChI is InChI=1S/C15H26N2O5Si/c1-10(2)15(19,14(18)22-9-23(5,6)7)13-16-11(20-3)8-12(17-13)21-4/h8,10,19H,9H2,1-7H3. The van der Waals surface area contributed by atoms with Crippen LogP contribution < -0.4 is 9.47 Å². The molecule has 1 unspecified atom stereocenters. The topological polar surface area (TPSA) is 90.8 Å². The van der Waals surface area contributed by atoms with E-state index < -0.39 is 25.6 Å². The monoisotopic (exact) mass is 342 g/mol. The van der Waals surface area contributed by atoms with Crippen LogP contribution in [-0.2, 0) is 15.1 Å². The maximum absolute atomic E-state index is 12.5. The minimum Gasteiger partial charge on any atom is -0.481 e. The van der Waals surface area contributed by atoms with Crippen molar-refractivity contribution in [3.8, 4) is 11.8 Å². The lowest BCUT2D eigenvalue weighted by Crippen LogP contribution is -2.45. The number of carbonyl (C=O) groups excluding carboxylic acids is 1. The second-order valence-corrected chi connectivity index (χ2v) is 12.2. The van der Waals surface area contributed by atoms with Gasteiger partial charge in [0.2, 0.25) is 17.4 Å². The molecule has 0 aliphatic heterocycles. The molecule has 23 heavy (non-hydrogen) atoms. The summed E-state index contributed by atoms with van der Waals surface area (Å²) in [5.74, 6) is -0.948. The average molecular weight is 342 g/mol. The molecule has 7 nitrogen and oxygen atoms in total. The number of esters is 1. The summed E-state index contributed by atoms with van der Waals surface area (Å²) in [6, 6.07) is 1.47. The van der Waals surface area contributed by atoms with E-state index in [0.717, 1.165) is 0 Å². The molecule has 8 heteroatoms. The van der Waals surface area contributed by atoms with Crippen molar-refractivity contribution in [3.63, 3.8) is 0 Å². The van der Waals surface area contributed by atoms with Crippen molar-refractivity contribution in [2.75, 3.05) is 20.4 Å². The zero-order valence-corrected chi connectivity index (χ0v) is 15.8. The van der Waals surface area contributed by atoms with Crippen LogP contribution in [0.4, 0.5) is 0 Å². The van der Waals surface area contributed by atoms with E-state index >= 15 is 0 Å². The van der Waals surface area contributed by atoms with Crippen LogP contribution in [0.1, 0.15) is 19.7 Å². The van der Waals surface area contributed by atoms with Gasteiger partial charge in [-0.3, -0.25) is 0 Å². The van der Waals surface area contributed by atoms with Gasteiger partial charge in [0.05, 0.1) is 34.6 Å². The van der Waals surface area contributed by atoms with E-state index in [9.17, 15) is 9.90 Å². The molecular weight excluding hydrogens is 316 g/mol. The molecule has 1 rings (SSSR count). The van der Waals surface area contributed by atoms with Crippen LogP contribution in [-0.4, -0.2) is 49.6 Å². The molecule has 1 heterocycles. The number of aromatic nitrogens is 2. The largest absolute Gasteiger partial charge is 0.481 e. The van der Waals surface area contributed by atoms with Gasteiger partial charge < -0.3 is 19.3 Å². The predicted molar refractivity (Wildman–Crippen MR) is 88.2 cm³/mol. The van der Waals surface area contributed by atoms with Crippen LogP contribution in [0.3, 0.4) is 0 Å². The number of methoxy groups -OCH3 is 2. The van der Waals surface area contributed by atoms with Gasteiger partial charge in [0, 0.05) is 5.92 Å². The van der Waals surface area contributed by atoms with Crippen molar-refractivity contribution in [1.82, 2.24) is 9.97 Å². The first kappa shape index (κ1) is 19.4. The Morgan fingerprint density at radius 2 is 1.70 bits per heavy atom. The highest BCUT2D eigenvalue weighted by atomic mass is 28.3. The van der Waals surface area contributed by atoms with Crippen molar-refractivity contribution in [3.05, 3.63) is 11.9 Å². The third-order valence-corrected chi connectivity index (χ3v) is 4.23. The van der Waals surface area contributed by atoms with Gasteiger partial charge in [0.1, 0.15) is 0 Å². The summed E-state index contributed by atoms with van der Waals surface area (Å²) in [7, 11) is 1.25. The summed E-state index contributed by atoms with van der Waals surface area (Å²) in [6.45, 7) is 9.61. The summed E-state index contributed by atoms with van der Waals surface area (Å²) >= 11 is 0. The Balaban J connectivity index is 3.26. The number of hydrogen-bond acceptors (Lipinski definition) is 7. The molecule has 0 amide bonds. The second kappa shape index (κ2) is 7.27. The average Bonchev–Trinajstić information content (AvgIpc) is 2.49. The molecular formula is C15H26N2O5Si. The summed E-state index contributed by atoms with van der Waals surface area (Å²) in [4.78, 5) is 20.8. The third kappa shape index (κ3) is 4.65. The number of nitrogens with zero attached hydrogens (tertiary/aromatic N) is 2. The molecule has 1 aromatic rings. The molecule has 0 radical (unpaired) electrons. The Labute approximate surface area is 138 Å². The fourth-order valence-electron chi connectivity index (χ4n) is 1.76. The highest BCUT2D eigenvalue weighted by Gasteiger charge is 2.47. The number of carbonyl (C=O) groups is 1. The zero-order chi connectivity index (χ0) is 17.8. The van der Waals surface area contributed by atoms with Gasteiger partial charge in [0.25, 0.3) is 0 Å². The van der Waals surface area contributed by atoms with Crippen molar-refractivity contribution >= 4 is 14.0 Å². The normalized spacial score (nSPS) is 14.3. The lowest BCUT2D eigenvalue weighted by Gasteiger charge is -2.29. The Morgan fingerprint density at radius 3 is 2.04 bits per heavy atom. The van der Waals surface area contributed by atoms with Gasteiger partial charge in [-0.25, -0.2) is 4.79 Å². The van der Waals surface area contributed by atoms with E-state index in [1.165, 1.54) is 20.3 Å². The molecule has 0 aromatic carbocycles. The van der Waals surface area contributed by atoms with Crippen LogP contribution in [0.25, 0.3) is 0 Å². The van der Waals surface area contributed by atoms with E-state index in [1.807, 2.05) is 0 Å². The van der Waals surface area contributed by atoms with Gasteiger partial charge in [0.15, 0.2) is 5.82 Å². The molecule has 0 saturated carbocycles. The van der Waals surface area contributed by atoms with Crippen molar-refractivity contribution < 1.29 is 24.1 Å². The molecule has 130 valence electrons. The summed E-state index contributed by atoms with van der Waals surface area (Å²) in [6.07, 6.45) is 0.308.